The first-order valence-corrected chi connectivity index (χ1v) is 15.2. The molecular weight excluding hydrogens is 603 g/mol. The minimum Gasteiger partial charge on any atom is -0.495 e. The number of hydrogen-bond acceptors (Lipinski definition) is 10. The molecule has 1 saturated heterocycles. The number of hydrogen-bond donors (Lipinski definition) is 4. The van der Waals surface area contributed by atoms with Gasteiger partial charge in [-0.1, -0.05) is 29.8 Å². The Kier molecular flexibility index (Phi) is 8.73. The highest BCUT2D eigenvalue weighted by Crippen LogP contribution is 2.46. The first-order chi connectivity index (χ1) is 21.3. The molecule has 2 aliphatic rings. The number of rotatable bonds is 12. The van der Waals surface area contributed by atoms with Gasteiger partial charge in [-0.25, -0.2) is 9.97 Å². The van der Waals surface area contributed by atoms with Gasteiger partial charge in [0.1, 0.15) is 29.4 Å². The van der Waals surface area contributed by atoms with Crippen LogP contribution in [0.25, 0.3) is 22.0 Å². The molecule has 3 aromatic heterocycles. The van der Waals surface area contributed by atoms with Gasteiger partial charge in [0.2, 0.25) is 0 Å². The second kappa shape index (κ2) is 12.7. The molecule has 1 aliphatic heterocycles. The lowest BCUT2D eigenvalue weighted by atomic mass is 10.1. The first-order valence-electron chi connectivity index (χ1n) is 14.5. The predicted molar refractivity (Wildman–Crippen MR) is 175 cm³/mol. The number of anilines is 3. The Morgan fingerprint density at radius 2 is 1.82 bits per heavy atom. The standard InChI is InChI=1S/C31H36Cl2N8O3/c1-5-27(42)38-23-16-41(19-13-36-40(2)14-19)15-22(23)37-26-9-20-18(12-34-26)8-21(39-31(20)35-11-17-6-7-17)28-29(32)24(43-3)10-25(44-4)30(28)33/h5,8-10,12-14,17,22-23,27,38,42H,1,6-7,11,15-16H2,2-4H3,(H,34,37)(H,35,39)/t22-,23+,27?/m1/s1. The molecule has 11 nitrogen and oxygen atoms in total. The molecule has 2 fully saturated rings. The maximum atomic E-state index is 10.3. The van der Waals surface area contributed by atoms with Crippen molar-refractivity contribution in [1.82, 2.24) is 25.1 Å². The molecule has 4 heterocycles. The van der Waals surface area contributed by atoms with Crippen LogP contribution in [0.2, 0.25) is 10.0 Å². The number of pyridine rings is 2. The quantitative estimate of drug-likeness (QED) is 0.125. The lowest BCUT2D eigenvalue weighted by molar-refractivity contribution is 0.169. The number of halogens is 2. The molecule has 13 heteroatoms. The van der Waals surface area contributed by atoms with Crippen LogP contribution in [0.4, 0.5) is 17.3 Å². The van der Waals surface area contributed by atoms with Gasteiger partial charge in [-0.2, -0.15) is 5.10 Å². The van der Waals surface area contributed by atoms with E-state index in [-0.39, 0.29) is 12.1 Å². The summed E-state index contributed by atoms with van der Waals surface area (Å²) in [6.45, 7) is 5.89. The number of fused-ring (bicyclic) bond motifs is 1. The van der Waals surface area contributed by atoms with E-state index in [1.165, 1.54) is 18.9 Å². The van der Waals surface area contributed by atoms with Crippen LogP contribution in [-0.2, 0) is 7.05 Å². The van der Waals surface area contributed by atoms with E-state index in [0.29, 0.717) is 63.4 Å². The zero-order valence-electron chi connectivity index (χ0n) is 24.8. The van der Waals surface area contributed by atoms with Crippen molar-refractivity contribution in [1.29, 1.82) is 0 Å². The van der Waals surface area contributed by atoms with Crippen LogP contribution in [0.3, 0.4) is 0 Å². The largest absolute Gasteiger partial charge is 0.495 e. The zero-order valence-corrected chi connectivity index (χ0v) is 26.4. The summed E-state index contributed by atoms with van der Waals surface area (Å²) in [4.78, 5) is 12.0. The SMILES string of the molecule is C=CC(O)N[C@H]1CN(c2cnn(C)c2)C[C@H]1Nc1cc2c(NCC3CC3)nc(-c3c(Cl)c(OC)cc(OC)c3Cl)cc2cn1. The topological polar surface area (TPSA) is 122 Å². The van der Waals surface area contributed by atoms with E-state index in [9.17, 15) is 5.11 Å². The van der Waals surface area contributed by atoms with Crippen LogP contribution in [0.15, 0.2) is 49.4 Å². The van der Waals surface area contributed by atoms with Crippen molar-refractivity contribution in [2.24, 2.45) is 13.0 Å². The van der Waals surface area contributed by atoms with Gasteiger partial charge in [0.15, 0.2) is 0 Å². The molecule has 44 heavy (non-hydrogen) atoms. The summed E-state index contributed by atoms with van der Waals surface area (Å²) in [5.41, 5.74) is 2.12. The Balaban J connectivity index is 1.36. The van der Waals surface area contributed by atoms with Crippen molar-refractivity contribution < 1.29 is 14.6 Å². The third-order valence-corrected chi connectivity index (χ3v) is 8.87. The highest BCUT2D eigenvalue weighted by Gasteiger charge is 2.34. The third kappa shape index (κ3) is 6.23. The molecule has 4 N–H and O–H groups in total. The summed E-state index contributed by atoms with van der Waals surface area (Å²) in [7, 11) is 4.99. The van der Waals surface area contributed by atoms with Crippen LogP contribution in [0.1, 0.15) is 12.8 Å². The lowest BCUT2D eigenvalue weighted by Crippen LogP contribution is -2.47. The second-order valence-corrected chi connectivity index (χ2v) is 12.0. The van der Waals surface area contributed by atoms with Gasteiger partial charge in [-0.15, -0.1) is 0 Å². The van der Waals surface area contributed by atoms with Gasteiger partial charge >= 0.3 is 0 Å². The van der Waals surface area contributed by atoms with Gasteiger partial charge < -0.3 is 30.1 Å². The minimum absolute atomic E-state index is 0.0632. The van der Waals surface area contributed by atoms with Crippen molar-refractivity contribution in [3.63, 3.8) is 0 Å². The average Bonchev–Trinajstić information content (AvgIpc) is 3.63. The van der Waals surface area contributed by atoms with Gasteiger partial charge in [-0.05, 0) is 37.0 Å². The summed E-state index contributed by atoms with van der Waals surface area (Å²) in [5.74, 6) is 2.91. The molecule has 1 aromatic carbocycles. The predicted octanol–water partition coefficient (Wildman–Crippen LogP) is 4.94. The van der Waals surface area contributed by atoms with E-state index < -0.39 is 6.23 Å². The molecule has 1 saturated carbocycles. The fourth-order valence-electron chi connectivity index (χ4n) is 5.54. The van der Waals surface area contributed by atoms with E-state index in [2.05, 4.69) is 32.5 Å². The molecule has 0 amide bonds. The summed E-state index contributed by atoms with van der Waals surface area (Å²) in [5, 5.41) is 27.5. The van der Waals surface area contributed by atoms with Crippen LogP contribution in [0, 0.1) is 5.92 Å². The first kappa shape index (κ1) is 30.3. The number of nitrogens with one attached hydrogen (secondary N) is 3. The molecular formula is C31H36Cl2N8O3. The zero-order chi connectivity index (χ0) is 31.0. The van der Waals surface area contributed by atoms with Crippen LogP contribution in [-0.4, -0.2) is 77.0 Å². The highest BCUT2D eigenvalue weighted by atomic mass is 35.5. The molecule has 3 atom stereocenters. The fraction of sp³-hybridized carbons (Fsp3) is 0.387. The van der Waals surface area contributed by atoms with Crippen molar-refractivity contribution >= 4 is 51.3 Å². The summed E-state index contributed by atoms with van der Waals surface area (Å²) < 4.78 is 12.8. The number of benzene rings is 1. The number of ether oxygens (including phenoxy) is 2. The maximum Gasteiger partial charge on any atom is 0.141 e. The molecule has 0 bridgehead atoms. The van der Waals surface area contributed by atoms with Crippen LogP contribution < -0.4 is 30.3 Å². The van der Waals surface area contributed by atoms with Crippen molar-refractivity contribution in [3.8, 4) is 22.8 Å². The molecule has 0 spiro atoms. The molecule has 1 unspecified atom stereocenters. The molecule has 6 rings (SSSR count). The monoisotopic (exact) mass is 638 g/mol. The average molecular weight is 640 g/mol. The summed E-state index contributed by atoms with van der Waals surface area (Å²) >= 11 is 13.5. The Labute approximate surface area is 266 Å². The second-order valence-electron chi connectivity index (χ2n) is 11.2. The Morgan fingerprint density at radius 3 is 2.45 bits per heavy atom. The number of nitrogens with zero attached hydrogens (tertiary/aromatic N) is 5. The number of methoxy groups -OCH3 is 2. The van der Waals surface area contributed by atoms with Gasteiger partial charge in [0.25, 0.3) is 0 Å². The van der Waals surface area contributed by atoms with Gasteiger partial charge in [0.05, 0.1) is 47.9 Å². The van der Waals surface area contributed by atoms with Gasteiger partial charge in [-0.3, -0.25) is 10.00 Å². The number of aryl methyl sites for hydroxylation is 1. The van der Waals surface area contributed by atoms with Crippen molar-refractivity contribution in [3.05, 3.63) is 59.5 Å². The third-order valence-electron chi connectivity index (χ3n) is 8.12. The molecule has 0 radical (unpaired) electrons. The van der Waals surface area contributed by atoms with Crippen LogP contribution in [0.5, 0.6) is 11.5 Å². The number of aromatic nitrogens is 4. The molecule has 4 aromatic rings. The maximum absolute atomic E-state index is 10.3. The Morgan fingerprint density at radius 1 is 1.09 bits per heavy atom. The molecule has 1 aliphatic carbocycles. The highest BCUT2D eigenvalue weighted by molar-refractivity contribution is 6.41. The van der Waals surface area contributed by atoms with Crippen molar-refractivity contribution in [2.75, 3.05) is 49.4 Å². The van der Waals surface area contributed by atoms with Crippen LogP contribution >= 0.6 is 23.2 Å². The number of aliphatic hydroxyl groups excluding tert-OH is 1. The normalized spacial score (nSPS) is 18.8. The fourth-order valence-corrected chi connectivity index (χ4v) is 6.23. The number of aliphatic hydroxyl groups is 1. The minimum atomic E-state index is -0.836. The van der Waals surface area contributed by atoms with E-state index in [0.717, 1.165) is 23.0 Å². The van der Waals surface area contributed by atoms with E-state index >= 15 is 0 Å². The Bertz CT molecular complexity index is 1650. The lowest BCUT2D eigenvalue weighted by Gasteiger charge is -2.23. The van der Waals surface area contributed by atoms with Gasteiger partial charge in [0, 0.05) is 67.5 Å². The Hall–Kier alpha value is -3.77. The summed E-state index contributed by atoms with van der Waals surface area (Å²) in [6.07, 6.45) is 8.68. The molecule has 232 valence electrons. The summed E-state index contributed by atoms with van der Waals surface area (Å²) in [6, 6.07) is 5.44. The van der Waals surface area contributed by atoms with E-state index in [4.69, 9.17) is 42.6 Å². The van der Waals surface area contributed by atoms with E-state index in [1.54, 1.807) is 25.0 Å². The smallest absolute Gasteiger partial charge is 0.141 e. The van der Waals surface area contributed by atoms with E-state index in [1.807, 2.05) is 37.8 Å². The van der Waals surface area contributed by atoms with Crippen molar-refractivity contribution in [2.45, 2.75) is 31.2 Å².